The van der Waals surface area contributed by atoms with Gasteiger partial charge in [-0.25, -0.2) is 9.97 Å². The Labute approximate surface area is 244 Å². The Bertz CT molecular complexity index is 1190. The van der Waals surface area contributed by atoms with Crippen LogP contribution in [-0.4, -0.2) is 66.9 Å². The van der Waals surface area contributed by atoms with Crippen molar-refractivity contribution in [2.75, 3.05) is 0 Å². The molecule has 5 saturated carbocycles. The van der Waals surface area contributed by atoms with Crippen molar-refractivity contribution in [3.8, 4) is 6.01 Å². The van der Waals surface area contributed by atoms with Crippen molar-refractivity contribution in [1.29, 1.82) is 0 Å². The highest BCUT2D eigenvalue weighted by molar-refractivity contribution is 5.35. The molecule has 0 aromatic carbocycles. The molecule has 5 N–H and O–H groups in total. The van der Waals surface area contributed by atoms with E-state index in [2.05, 4.69) is 37.7 Å². The molecule has 6 aliphatic rings. The predicted molar refractivity (Wildman–Crippen MR) is 154 cm³/mol. The van der Waals surface area contributed by atoms with Crippen molar-refractivity contribution >= 4 is 0 Å². The number of hydrogen-bond donors (Lipinski definition) is 4. The molecular weight excluding hydrogens is 518 g/mol. The molecule has 2 spiro atoms. The van der Waals surface area contributed by atoms with Crippen molar-refractivity contribution in [3.63, 3.8) is 0 Å². The largest absolute Gasteiger partial charge is 0.454 e. The van der Waals surface area contributed by atoms with Crippen LogP contribution in [0.3, 0.4) is 0 Å². The second-order valence-electron chi connectivity index (χ2n) is 16.4. The molecule has 228 valence electrons. The summed E-state index contributed by atoms with van der Waals surface area (Å²) in [7, 11) is 0. The van der Waals surface area contributed by atoms with Gasteiger partial charge < -0.3 is 30.5 Å². The fourth-order valence-electron chi connectivity index (χ4n) is 12.3. The zero-order chi connectivity index (χ0) is 29.4. The van der Waals surface area contributed by atoms with Crippen LogP contribution in [0.1, 0.15) is 92.9 Å². The molecule has 2 heterocycles. The van der Waals surface area contributed by atoms with E-state index in [1.165, 1.54) is 6.42 Å². The average molecular weight is 570 g/mol. The summed E-state index contributed by atoms with van der Waals surface area (Å²) in [4.78, 5) is 8.46. The summed E-state index contributed by atoms with van der Waals surface area (Å²) in [5, 5.41) is 34.5. The molecule has 13 atom stereocenters. The van der Waals surface area contributed by atoms with E-state index in [1.807, 2.05) is 0 Å². The van der Waals surface area contributed by atoms with Gasteiger partial charge in [-0.1, -0.05) is 27.7 Å². The summed E-state index contributed by atoms with van der Waals surface area (Å²) >= 11 is 0. The summed E-state index contributed by atoms with van der Waals surface area (Å²) in [6, 6.07) is 1.94. The molecule has 1 saturated heterocycles. The number of rotatable bonds is 4. The Balaban J connectivity index is 1.21. The lowest BCUT2D eigenvalue weighted by molar-refractivity contribution is -0.196. The first-order valence-corrected chi connectivity index (χ1v) is 16.1. The van der Waals surface area contributed by atoms with Gasteiger partial charge in [0.15, 0.2) is 6.10 Å². The zero-order valence-electron chi connectivity index (χ0n) is 25.7. The quantitative estimate of drug-likeness (QED) is 0.430. The van der Waals surface area contributed by atoms with Crippen LogP contribution in [0, 0.1) is 45.3 Å². The van der Waals surface area contributed by atoms with E-state index in [-0.39, 0.29) is 51.5 Å². The van der Waals surface area contributed by atoms with E-state index < -0.39 is 35.6 Å². The van der Waals surface area contributed by atoms with E-state index in [9.17, 15) is 15.3 Å². The second kappa shape index (κ2) is 8.65. The maximum atomic E-state index is 12.3. The first-order chi connectivity index (χ1) is 19.1. The van der Waals surface area contributed by atoms with Gasteiger partial charge in [-0.05, 0) is 117 Å². The standard InChI is InChI=1S/C33H51N3O5/c1-18-16-19(26(29(4,5)39)41-27-35-14-7-15-36-27)40-24-23(18)30(6)12-13-32-17-31(32)11-10-22(37)28(2,3)20(31)8-9-21(32)33(30,34)25(24)38/h7,14-15,18-26,37-39H,8-13,16-17,34H2,1-6H3/t18-,19-,20+,21-,22+,23+,24+,25+,26+,30-,31-,32+,33+/m1/s1. The molecule has 0 amide bonds. The molecule has 0 radical (unpaired) electrons. The molecule has 0 unspecified atom stereocenters. The third-order valence-electron chi connectivity index (χ3n) is 14.1. The number of nitrogens with two attached hydrogens (primary N) is 1. The van der Waals surface area contributed by atoms with Crippen LogP contribution in [0.25, 0.3) is 0 Å². The van der Waals surface area contributed by atoms with Gasteiger partial charge in [0.2, 0.25) is 0 Å². The summed E-state index contributed by atoms with van der Waals surface area (Å²) in [5.41, 5.74) is 5.80. The molecule has 8 heteroatoms. The summed E-state index contributed by atoms with van der Waals surface area (Å²) < 4.78 is 13.0. The van der Waals surface area contributed by atoms with E-state index >= 15 is 0 Å². The number of hydrogen-bond acceptors (Lipinski definition) is 8. The van der Waals surface area contributed by atoms with Crippen molar-refractivity contribution in [2.24, 2.45) is 51.1 Å². The number of nitrogens with zero attached hydrogens (tertiary/aromatic N) is 2. The zero-order valence-corrected chi connectivity index (χ0v) is 25.7. The first kappa shape index (κ1) is 28.5. The van der Waals surface area contributed by atoms with Crippen molar-refractivity contribution in [3.05, 3.63) is 18.5 Å². The van der Waals surface area contributed by atoms with Crippen molar-refractivity contribution < 1.29 is 24.8 Å². The number of aliphatic hydroxyl groups excluding tert-OH is 2. The van der Waals surface area contributed by atoms with E-state index in [1.54, 1.807) is 32.3 Å². The van der Waals surface area contributed by atoms with Gasteiger partial charge in [0.1, 0.15) is 0 Å². The Morgan fingerprint density at radius 3 is 2.37 bits per heavy atom. The topological polar surface area (TPSA) is 131 Å². The summed E-state index contributed by atoms with van der Waals surface area (Å²) in [6.45, 7) is 12.6. The van der Waals surface area contributed by atoms with E-state index in [0.717, 1.165) is 38.5 Å². The van der Waals surface area contributed by atoms with E-state index in [4.69, 9.17) is 15.2 Å². The smallest absolute Gasteiger partial charge is 0.316 e. The van der Waals surface area contributed by atoms with Gasteiger partial charge in [-0.3, -0.25) is 0 Å². The van der Waals surface area contributed by atoms with Crippen LogP contribution >= 0.6 is 0 Å². The van der Waals surface area contributed by atoms with Crippen LogP contribution in [0.5, 0.6) is 6.01 Å². The van der Waals surface area contributed by atoms with Gasteiger partial charge in [0, 0.05) is 12.4 Å². The molecule has 41 heavy (non-hydrogen) atoms. The lowest BCUT2D eigenvalue weighted by Crippen LogP contribution is -2.70. The first-order valence-electron chi connectivity index (χ1n) is 16.1. The van der Waals surface area contributed by atoms with Crippen LogP contribution in [0.2, 0.25) is 0 Å². The molecule has 8 nitrogen and oxygen atoms in total. The Morgan fingerprint density at radius 2 is 1.68 bits per heavy atom. The number of fused-ring (bicyclic) bond motifs is 4. The van der Waals surface area contributed by atoms with Crippen molar-refractivity contribution in [2.45, 2.75) is 135 Å². The number of aromatic nitrogens is 2. The fourth-order valence-corrected chi connectivity index (χ4v) is 12.3. The lowest BCUT2D eigenvalue weighted by Gasteiger charge is -2.63. The molecule has 1 aromatic rings. The molecule has 5 aliphatic carbocycles. The highest BCUT2D eigenvalue weighted by atomic mass is 16.6. The Morgan fingerprint density at radius 1 is 1.02 bits per heavy atom. The SMILES string of the molecule is C[C@@H]1C[C@H]([C@H](Oc2ncccn2)C(C)(C)O)O[C@H]2[C@H]1[C@@]1(C)CC[C@@]34C[C@@]35CC[C@H](O)C(C)(C)[C@@H]5CC[C@H]4[C@]1(N)[C@H]2O. The van der Waals surface area contributed by atoms with Gasteiger partial charge >= 0.3 is 6.01 Å². The molecule has 1 aliphatic heterocycles. The molecule has 7 rings (SSSR count). The van der Waals surface area contributed by atoms with Crippen LogP contribution < -0.4 is 10.5 Å². The summed E-state index contributed by atoms with van der Waals surface area (Å²) in [5.74, 6) is 1.11. The molecule has 6 fully saturated rings. The third kappa shape index (κ3) is 3.46. The normalized spacial score (nSPS) is 52.2. The maximum absolute atomic E-state index is 12.3. The lowest BCUT2D eigenvalue weighted by atomic mass is 9.43. The monoisotopic (exact) mass is 569 g/mol. The van der Waals surface area contributed by atoms with Crippen LogP contribution in [0.15, 0.2) is 18.5 Å². The number of ether oxygens (including phenoxy) is 2. The van der Waals surface area contributed by atoms with Crippen LogP contribution in [-0.2, 0) is 4.74 Å². The third-order valence-corrected chi connectivity index (χ3v) is 14.1. The van der Waals surface area contributed by atoms with Crippen LogP contribution in [0.4, 0.5) is 0 Å². The Hall–Kier alpha value is -1.32. The van der Waals surface area contributed by atoms with E-state index in [0.29, 0.717) is 12.3 Å². The summed E-state index contributed by atoms with van der Waals surface area (Å²) in [6.07, 6.45) is 8.71. The van der Waals surface area contributed by atoms with Crippen molar-refractivity contribution in [1.82, 2.24) is 9.97 Å². The highest BCUT2D eigenvalue weighted by Gasteiger charge is 2.85. The predicted octanol–water partition coefficient (Wildman–Crippen LogP) is 3.86. The minimum Gasteiger partial charge on any atom is -0.454 e. The molecular formula is C33H51N3O5. The molecule has 0 bridgehead atoms. The van der Waals surface area contributed by atoms with Gasteiger partial charge in [0.25, 0.3) is 0 Å². The Kier molecular flexibility index (Phi) is 6.00. The average Bonchev–Trinajstić information content (AvgIpc) is 3.54. The number of aliphatic hydroxyl groups is 3. The minimum atomic E-state index is -1.21. The minimum absolute atomic E-state index is 0.0864. The highest BCUT2D eigenvalue weighted by Crippen LogP contribution is 2.87. The van der Waals surface area contributed by atoms with Gasteiger partial charge in [-0.15, -0.1) is 0 Å². The van der Waals surface area contributed by atoms with Gasteiger partial charge in [0.05, 0.1) is 35.6 Å². The van der Waals surface area contributed by atoms with Gasteiger partial charge in [-0.2, -0.15) is 0 Å². The maximum Gasteiger partial charge on any atom is 0.316 e. The fraction of sp³-hybridized carbons (Fsp3) is 0.879. The second-order valence-corrected chi connectivity index (χ2v) is 16.4. The molecule has 1 aromatic heterocycles.